The average molecular weight is 593 g/mol. The van der Waals surface area contributed by atoms with Gasteiger partial charge in [0.2, 0.25) is 11.8 Å². The SMILES string of the molecule is CNC(=O)[C@H](C)N(Cc1ccc(Br)cc1)C(=O)CN(c1ccc(C)c(Cl)c1)S(=O)(=O)c1ccccc1. The van der Waals surface area contributed by atoms with Crippen molar-refractivity contribution < 1.29 is 18.0 Å². The third-order valence-electron chi connectivity index (χ3n) is 5.73. The molecule has 0 radical (unpaired) electrons. The van der Waals surface area contributed by atoms with Crippen LogP contribution < -0.4 is 9.62 Å². The molecular formula is C26H27BrClN3O4S. The highest BCUT2D eigenvalue weighted by Gasteiger charge is 2.32. The molecule has 0 spiro atoms. The van der Waals surface area contributed by atoms with E-state index < -0.39 is 28.5 Å². The lowest BCUT2D eigenvalue weighted by Crippen LogP contribution is -2.50. The maximum atomic E-state index is 13.7. The molecule has 36 heavy (non-hydrogen) atoms. The molecule has 10 heteroatoms. The Labute approximate surface area is 225 Å². The lowest BCUT2D eigenvalue weighted by molar-refractivity contribution is -0.139. The summed E-state index contributed by atoms with van der Waals surface area (Å²) in [6.45, 7) is 3.01. The van der Waals surface area contributed by atoms with Gasteiger partial charge in [0, 0.05) is 23.1 Å². The first-order valence-corrected chi connectivity index (χ1v) is 13.7. The number of hydrogen-bond donors (Lipinski definition) is 1. The molecule has 0 fully saturated rings. The van der Waals surface area contributed by atoms with E-state index in [0.29, 0.717) is 5.02 Å². The summed E-state index contributed by atoms with van der Waals surface area (Å²) in [4.78, 5) is 27.6. The topological polar surface area (TPSA) is 86.8 Å². The van der Waals surface area contributed by atoms with Gasteiger partial charge in [-0.05, 0) is 61.4 Å². The second kappa shape index (κ2) is 11.9. The van der Waals surface area contributed by atoms with Crippen molar-refractivity contribution in [2.45, 2.75) is 31.3 Å². The van der Waals surface area contributed by atoms with Gasteiger partial charge in [-0.2, -0.15) is 0 Å². The van der Waals surface area contributed by atoms with Gasteiger partial charge >= 0.3 is 0 Å². The molecule has 190 valence electrons. The van der Waals surface area contributed by atoms with E-state index in [1.807, 2.05) is 24.3 Å². The van der Waals surface area contributed by atoms with Crippen LogP contribution >= 0.6 is 27.5 Å². The number of carbonyl (C=O) groups excluding carboxylic acids is 2. The Morgan fingerprint density at radius 1 is 1.03 bits per heavy atom. The minimum absolute atomic E-state index is 0.0355. The zero-order valence-electron chi connectivity index (χ0n) is 20.1. The van der Waals surface area contributed by atoms with Gasteiger partial charge in [0.05, 0.1) is 10.6 Å². The van der Waals surface area contributed by atoms with Crippen molar-refractivity contribution in [3.8, 4) is 0 Å². The van der Waals surface area contributed by atoms with Crippen LogP contribution in [0.4, 0.5) is 5.69 Å². The molecule has 3 rings (SSSR count). The van der Waals surface area contributed by atoms with E-state index in [-0.39, 0.29) is 23.0 Å². The molecule has 0 bridgehead atoms. The van der Waals surface area contributed by atoms with E-state index in [9.17, 15) is 18.0 Å². The van der Waals surface area contributed by atoms with Crippen LogP contribution in [-0.2, 0) is 26.2 Å². The summed E-state index contributed by atoms with van der Waals surface area (Å²) in [6.07, 6.45) is 0. The molecule has 0 heterocycles. The first-order valence-electron chi connectivity index (χ1n) is 11.1. The standard InChI is InChI=1S/C26H27BrClN3O4S/c1-18-9-14-22(15-24(18)28)31(36(34,35)23-7-5-4-6-8-23)17-25(32)30(19(2)26(33)29-3)16-20-10-12-21(27)13-11-20/h4-15,19H,16-17H2,1-3H3,(H,29,33)/t19-/m0/s1. The summed E-state index contributed by atoms with van der Waals surface area (Å²) in [5, 5.41) is 2.93. The summed E-state index contributed by atoms with van der Waals surface area (Å²) in [7, 11) is -2.63. The lowest BCUT2D eigenvalue weighted by atomic mass is 10.1. The predicted octanol–water partition coefficient (Wildman–Crippen LogP) is 4.77. The van der Waals surface area contributed by atoms with Crippen molar-refractivity contribution in [1.29, 1.82) is 0 Å². The molecule has 0 aliphatic rings. The Morgan fingerprint density at radius 3 is 2.25 bits per heavy atom. The molecule has 0 unspecified atom stereocenters. The van der Waals surface area contributed by atoms with Crippen LogP contribution in [0.1, 0.15) is 18.1 Å². The Kier molecular flexibility index (Phi) is 9.16. The molecule has 3 aromatic carbocycles. The number of sulfonamides is 1. The quantitative estimate of drug-likeness (QED) is 0.388. The monoisotopic (exact) mass is 591 g/mol. The smallest absolute Gasteiger partial charge is 0.264 e. The normalized spacial score (nSPS) is 12.0. The summed E-state index contributed by atoms with van der Waals surface area (Å²) in [5.74, 6) is -0.901. The van der Waals surface area contributed by atoms with E-state index in [0.717, 1.165) is 19.9 Å². The number of amides is 2. The van der Waals surface area contributed by atoms with Gasteiger partial charge < -0.3 is 10.2 Å². The average Bonchev–Trinajstić information content (AvgIpc) is 2.88. The fourth-order valence-electron chi connectivity index (χ4n) is 3.56. The van der Waals surface area contributed by atoms with Crippen LogP contribution in [0.3, 0.4) is 0 Å². The molecule has 1 N–H and O–H groups in total. The maximum Gasteiger partial charge on any atom is 0.264 e. The Morgan fingerprint density at radius 2 is 1.67 bits per heavy atom. The van der Waals surface area contributed by atoms with Crippen LogP contribution in [-0.4, -0.2) is 44.8 Å². The van der Waals surface area contributed by atoms with Gasteiger partial charge in [0.25, 0.3) is 10.0 Å². The summed E-state index contributed by atoms with van der Waals surface area (Å²) >= 11 is 9.70. The van der Waals surface area contributed by atoms with Crippen molar-refractivity contribution in [2.24, 2.45) is 0 Å². The Balaban J connectivity index is 2.04. The second-order valence-corrected chi connectivity index (χ2v) is 11.4. The third kappa shape index (κ3) is 6.46. The van der Waals surface area contributed by atoms with E-state index >= 15 is 0 Å². The molecule has 0 saturated carbocycles. The highest BCUT2D eigenvalue weighted by molar-refractivity contribution is 9.10. The molecule has 0 saturated heterocycles. The van der Waals surface area contributed by atoms with Gasteiger partial charge in [-0.15, -0.1) is 0 Å². The number of likely N-dealkylation sites (N-methyl/N-ethyl adjacent to an activating group) is 1. The fourth-order valence-corrected chi connectivity index (χ4v) is 5.43. The van der Waals surface area contributed by atoms with E-state index in [1.54, 1.807) is 44.2 Å². The number of nitrogens with one attached hydrogen (secondary N) is 1. The van der Waals surface area contributed by atoms with Gasteiger partial charge in [-0.1, -0.05) is 63.9 Å². The van der Waals surface area contributed by atoms with Gasteiger partial charge in [0.1, 0.15) is 12.6 Å². The number of halogens is 2. The van der Waals surface area contributed by atoms with E-state index in [2.05, 4.69) is 21.2 Å². The number of hydrogen-bond acceptors (Lipinski definition) is 4. The van der Waals surface area contributed by atoms with Crippen molar-refractivity contribution in [3.05, 3.63) is 93.4 Å². The van der Waals surface area contributed by atoms with Crippen LogP contribution in [0, 0.1) is 6.92 Å². The molecule has 2 amide bonds. The van der Waals surface area contributed by atoms with Crippen molar-refractivity contribution in [1.82, 2.24) is 10.2 Å². The molecule has 1 atom stereocenters. The van der Waals surface area contributed by atoms with Crippen LogP contribution in [0.15, 0.2) is 82.2 Å². The minimum atomic E-state index is -4.12. The lowest BCUT2D eigenvalue weighted by Gasteiger charge is -2.32. The van der Waals surface area contributed by atoms with Crippen molar-refractivity contribution in [2.75, 3.05) is 17.9 Å². The predicted molar refractivity (Wildman–Crippen MR) is 145 cm³/mol. The summed E-state index contributed by atoms with van der Waals surface area (Å²) in [5.41, 5.74) is 1.81. The highest BCUT2D eigenvalue weighted by Crippen LogP contribution is 2.28. The number of carbonyl (C=O) groups is 2. The molecule has 0 aromatic heterocycles. The molecule has 0 aliphatic heterocycles. The van der Waals surface area contributed by atoms with Crippen molar-refractivity contribution >= 4 is 55.1 Å². The molecule has 3 aromatic rings. The van der Waals surface area contributed by atoms with Gasteiger partial charge in [-0.25, -0.2) is 8.42 Å². The maximum absolute atomic E-state index is 13.7. The fraction of sp³-hybridized carbons (Fsp3) is 0.231. The van der Waals surface area contributed by atoms with E-state index in [1.165, 1.54) is 30.1 Å². The molecule has 0 aliphatic carbocycles. The van der Waals surface area contributed by atoms with E-state index in [4.69, 9.17) is 11.6 Å². The Hall–Kier alpha value is -2.88. The number of benzene rings is 3. The first kappa shape index (κ1) is 27.7. The van der Waals surface area contributed by atoms with Gasteiger partial charge in [0.15, 0.2) is 0 Å². The largest absolute Gasteiger partial charge is 0.357 e. The van der Waals surface area contributed by atoms with Crippen LogP contribution in [0.5, 0.6) is 0 Å². The number of nitrogens with zero attached hydrogens (tertiary/aromatic N) is 2. The molecular weight excluding hydrogens is 566 g/mol. The first-order chi connectivity index (χ1) is 17.0. The zero-order valence-corrected chi connectivity index (χ0v) is 23.3. The molecule has 7 nitrogen and oxygen atoms in total. The third-order valence-corrected chi connectivity index (χ3v) is 8.46. The van der Waals surface area contributed by atoms with Crippen LogP contribution in [0.2, 0.25) is 5.02 Å². The van der Waals surface area contributed by atoms with Crippen molar-refractivity contribution in [3.63, 3.8) is 0 Å². The zero-order chi connectivity index (χ0) is 26.5. The van der Waals surface area contributed by atoms with Gasteiger partial charge in [-0.3, -0.25) is 13.9 Å². The number of aryl methyl sites for hydroxylation is 1. The Bertz CT molecular complexity index is 1340. The second-order valence-electron chi connectivity index (χ2n) is 8.20. The minimum Gasteiger partial charge on any atom is -0.357 e. The van der Waals surface area contributed by atoms with Crippen LogP contribution in [0.25, 0.3) is 0 Å². The summed E-state index contributed by atoms with van der Waals surface area (Å²) < 4.78 is 29.2. The highest BCUT2D eigenvalue weighted by atomic mass is 79.9. The summed E-state index contributed by atoms with van der Waals surface area (Å²) in [6, 6.07) is 19.2. The number of anilines is 1. The number of rotatable bonds is 9.